The van der Waals surface area contributed by atoms with E-state index < -0.39 is 6.03 Å². The van der Waals surface area contributed by atoms with Gasteiger partial charge in [-0.2, -0.15) is 0 Å². The molecule has 0 saturated heterocycles. The predicted molar refractivity (Wildman–Crippen MR) is 66.9 cm³/mol. The largest absolute Gasteiger partial charge is 0.330 e. The number of nitrogens with one attached hydrogen (secondary N) is 1. The number of anilines is 1. The van der Waals surface area contributed by atoms with E-state index in [4.69, 9.17) is 0 Å². The molecule has 0 saturated carbocycles. The zero-order valence-corrected chi connectivity index (χ0v) is 10.3. The van der Waals surface area contributed by atoms with Crippen LogP contribution < -0.4 is 5.32 Å². The standard InChI is InChI=1S/C12H17N3O2/c1-4-15(12(17)14(2)3)11(16)13-10-8-6-5-7-9-10/h5-9H,4H2,1-3H3,(H,13,16). The molecule has 1 rings (SSSR count). The summed E-state index contributed by atoms with van der Waals surface area (Å²) in [4.78, 5) is 26.1. The zero-order valence-electron chi connectivity index (χ0n) is 10.3. The molecule has 4 amide bonds. The van der Waals surface area contributed by atoms with Crippen molar-refractivity contribution in [3.8, 4) is 0 Å². The van der Waals surface area contributed by atoms with E-state index in [0.29, 0.717) is 12.2 Å². The number of nitrogens with zero attached hydrogens (tertiary/aromatic N) is 2. The minimum Gasteiger partial charge on any atom is -0.330 e. The third-order valence-electron chi connectivity index (χ3n) is 2.20. The van der Waals surface area contributed by atoms with E-state index in [2.05, 4.69) is 5.32 Å². The van der Waals surface area contributed by atoms with E-state index in [1.54, 1.807) is 33.2 Å². The van der Waals surface area contributed by atoms with Crippen molar-refractivity contribution < 1.29 is 9.59 Å². The van der Waals surface area contributed by atoms with Crippen molar-refractivity contribution in [2.24, 2.45) is 0 Å². The van der Waals surface area contributed by atoms with Crippen molar-refractivity contribution in [3.05, 3.63) is 30.3 Å². The number of amides is 4. The Bertz CT molecular complexity index is 390. The van der Waals surface area contributed by atoms with Crippen molar-refractivity contribution in [3.63, 3.8) is 0 Å². The zero-order chi connectivity index (χ0) is 12.8. The lowest BCUT2D eigenvalue weighted by molar-refractivity contribution is 0.176. The van der Waals surface area contributed by atoms with E-state index in [1.807, 2.05) is 18.2 Å². The molecule has 0 heterocycles. The van der Waals surface area contributed by atoms with Crippen LogP contribution in [0.5, 0.6) is 0 Å². The summed E-state index contributed by atoms with van der Waals surface area (Å²) in [7, 11) is 3.22. The summed E-state index contributed by atoms with van der Waals surface area (Å²) in [6.07, 6.45) is 0. The second kappa shape index (κ2) is 5.89. The highest BCUT2D eigenvalue weighted by molar-refractivity contribution is 6.00. The van der Waals surface area contributed by atoms with Gasteiger partial charge in [-0.1, -0.05) is 18.2 Å². The number of imide groups is 1. The number of hydrogen-bond donors (Lipinski definition) is 1. The number of carbonyl (C=O) groups excluding carboxylic acids is 2. The molecule has 1 N–H and O–H groups in total. The Morgan fingerprint density at radius 3 is 2.24 bits per heavy atom. The number of benzene rings is 1. The van der Waals surface area contributed by atoms with Crippen LogP contribution in [0, 0.1) is 0 Å². The molecule has 1 aromatic rings. The summed E-state index contributed by atoms with van der Waals surface area (Å²) >= 11 is 0. The summed E-state index contributed by atoms with van der Waals surface area (Å²) in [6.45, 7) is 2.08. The van der Waals surface area contributed by atoms with Gasteiger partial charge in [0.1, 0.15) is 0 Å². The molecule has 0 fully saturated rings. The Balaban J connectivity index is 2.71. The lowest BCUT2D eigenvalue weighted by Crippen LogP contribution is -2.45. The van der Waals surface area contributed by atoms with Crippen LogP contribution in [0.25, 0.3) is 0 Å². The predicted octanol–water partition coefficient (Wildman–Crippen LogP) is 2.22. The van der Waals surface area contributed by atoms with E-state index >= 15 is 0 Å². The van der Waals surface area contributed by atoms with Crippen LogP contribution in [0.3, 0.4) is 0 Å². The molecule has 0 aromatic heterocycles. The molecule has 0 aliphatic rings. The van der Waals surface area contributed by atoms with Crippen LogP contribution >= 0.6 is 0 Å². The summed E-state index contributed by atoms with van der Waals surface area (Å²) in [5, 5.41) is 2.67. The molecule has 5 heteroatoms. The van der Waals surface area contributed by atoms with E-state index in [-0.39, 0.29) is 6.03 Å². The van der Waals surface area contributed by atoms with Crippen LogP contribution in [-0.2, 0) is 0 Å². The molecular formula is C12H17N3O2. The first-order valence-corrected chi connectivity index (χ1v) is 5.41. The number of rotatable bonds is 2. The van der Waals surface area contributed by atoms with Crippen LogP contribution in [-0.4, -0.2) is 42.5 Å². The van der Waals surface area contributed by atoms with Gasteiger partial charge < -0.3 is 10.2 Å². The van der Waals surface area contributed by atoms with Crippen LogP contribution in [0.15, 0.2) is 30.3 Å². The van der Waals surface area contributed by atoms with Crippen LogP contribution in [0.4, 0.5) is 15.3 Å². The summed E-state index contributed by atoms with van der Waals surface area (Å²) in [5.41, 5.74) is 0.669. The summed E-state index contributed by atoms with van der Waals surface area (Å²) < 4.78 is 0. The fraction of sp³-hybridized carbons (Fsp3) is 0.333. The van der Waals surface area contributed by atoms with Gasteiger partial charge in [0.2, 0.25) is 0 Å². The van der Waals surface area contributed by atoms with Gasteiger partial charge in [0.05, 0.1) is 0 Å². The van der Waals surface area contributed by atoms with E-state index in [0.717, 1.165) is 4.90 Å². The Hall–Kier alpha value is -2.04. The smallest absolute Gasteiger partial charge is 0.329 e. The second-order valence-corrected chi connectivity index (χ2v) is 3.72. The first-order valence-electron chi connectivity index (χ1n) is 5.41. The number of hydrogen-bond acceptors (Lipinski definition) is 2. The highest BCUT2D eigenvalue weighted by Crippen LogP contribution is 2.07. The minimum atomic E-state index is -0.419. The quantitative estimate of drug-likeness (QED) is 0.854. The normalized spacial score (nSPS) is 9.59. The van der Waals surface area contributed by atoms with Gasteiger partial charge >= 0.3 is 12.1 Å². The van der Waals surface area contributed by atoms with Gasteiger partial charge in [0.15, 0.2) is 0 Å². The maximum Gasteiger partial charge on any atom is 0.329 e. The molecule has 0 spiro atoms. The third-order valence-corrected chi connectivity index (χ3v) is 2.20. The second-order valence-electron chi connectivity index (χ2n) is 3.72. The first kappa shape index (κ1) is 13.0. The summed E-state index contributed by atoms with van der Waals surface area (Å²) in [5.74, 6) is 0. The molecular weight excluding hydrogens is 218 g/mol. The topological polar surface area (TPSA) is 52.7 Å². The maximum absolute atomic E-state index is 11.9. The Morgan fingerprint density at radius 1 is 1.18 bits per heavy atom. The van der Waals surface area contributed by atoms with Gasteiger partial charge in [-0.15, -0.1) is 0 Å². The molecule has 5 nitrogen and oxygen atoms in total. The van der Waals surface area contributed by atoms with Crippen LogP contribution in [0.2, 0.25) is 0 Å². The molecule has 0 aliphatic heterocycles. The highest BCUT2D eigenvalue weighted by Gasteiger charge is 2.20. The number of urea groups is 2. The lowest BCUT2D eigenvalue weighted by Gasteiger charge is -2.23. The molecule has 1 aromatic carbocycles. The highest BCUT2D eigenvalue weighted by atomic mass is 16.2. The van der Waals surface area contributed by atoms with Crippen molar-refractivity contribution in [1.29, 1.82) is 0 Å². The number of para-hydroxylation sites is 1. The third kappa shape index (κ3) is 3.48. The fourth-order valence-electron chi connectivity index (χ4n) is 1.32. The number of carbonyl (C=O) groups is 2. The monoisotopic (exact) mass is 235 g/mol. The van der Waals surface area contributed by atoms with Crippen molar-refractivity contribution >= 4 is 17.7 Å². The molecule has 0 unspecified atom stereocenters. The molecule has 0 bridgehead atoms. The molecule has 0 atom stereocenters. The van der Waals surface area contributed by atoms with Gasteiger partial charge in [-0.25, -0.2) is 14.5 Å². The molecule has 92 valence electrons. The lowest BCUT2D eigenvalue weighted by atomic mass is 10.3. The Kier molecular flexibility index (Phi) is 4.51. The Morgan fingerprint density at radius 2 is 1.76 bits per heavy atom. The summed E-state index contributed by atoms with van der Waals surface area (Å²) in [6, 6.07) is 8.29. The molecule has 17 heavy (non-hydrogen) atoms. The van der Waals surface area contributed by atoms with E-state index in [9.17, 15) is 9.59 Å². The fourth-order valence-corrected chi connectivity index (χ4v) is 1.32. The minimum absolute atomic E-state index is 0.329. The maximum atomic E-state index is 11.9. The van der Waals surface area contributed by atoms with Gasteiger partial charge in [0, 0.05) is 26.3 Å². The van der Waals surface area contributed by atoms with Gasteiger partial charge in [0.25, 0.3) is 0 Å². The van der Waals surface area contributed by atoms with Crippen molar-refractivity contribution in [2.45, 2.75) is 6.92 Å². The average Bonchev–Trinajstić information content (AvgIpc) is 2.30. The first-order chi connectivity index (χ1) is 8.06. The molecule has 0 aliphatic carbocycles. The molecule has 0 radical (unpaired) electrons. The SMILES string of the molecule is CCN(C(=O)Nc1ccccc1)C(=O)N(C)C. The van der Waals surface area contributed by atoms with Gasteiger partial charge in [-0.05, 0) is 19.1 Å². The van der Waals surface area contributed by atoms with E-state index in [1.165, 1.54) is 4.90 Å². The van der Waals surface area contributed by atoms with Crippen molar-refractivity contribution in [1.82, 2.24) is 9.80 Å². The Labute approximate surface area is 101 Å². The van der Waals surface area contributed by atoms with Crippen LogP contribution in [0.1, 0.15) is 6.92 Å². The average molecular weight is 235 g/mol. The van der Waals surface area contributed by atoms with Gasteiger partial charge in [-0.3, -0.25) is 0 Å². The van der Waals surface area contributed by atoms with Crippen molar-refractivity contribution in [2.75, 3.05) is 26.0 Å².